The van der Waals surface area contributed by atoms with E-state index >= 15 is 0 Å². The van der Waals surface area contributed by atoms with Crippen molar-refractivity contribution >= 4 is 29.9 Å². The Labute approximate surface area is 174 Å². The lowest BCUT2D eigenvalue weighted by atomic mass is 10.1. The maximum absolute atomic E-state index is 4.52. The van der Waals surface area contributed by atoms with Gasteiger partial charge in [-0.25, -0.2) is 9.97 Å². The van der Waals surface area contributed by atoms with E-state index in [-0.39, 0.29) is 24.0 Å². The van der Waals surface area contributed by atoms with Gasteiger partial charge in [-0.3, -0.25) is 9.56 Å². The predicted molar refractivity (Wildman–Crippen MR) is 118 cm³/mol. The third kappa shape index (κ3) is 6.93. The van der Waals surface area contributed by atoms with Crippen LogP contribution in [0.4, 0.5) is 0 Å². The lowest BCUT2D eigenvalue weighted by Gasteiger charge is -2.18. The number of unbranched alkanes of at least 4 members (excludes halogenated alkanes) is 2. The molecule has 0 aliphatic heterocycles. The number of rotatable bonds is 8. The fourth-order valence-corrected chi connectivity index (χ4v) is 2.67. The largest absolute Gasteiger partial charge is 0.354 e. The minimum atomic E-state index is 0. The molecule has 144 valence electrons. The first-order chi connectivity index (χ1) is 12.1. The van der Waals surface area contributed by atoms with Crippen molar-refractivity contribution in [2.75, 3.05) is 7.05 Å². The Bertz CT molecular complexity index is 665. The number of pyridine rings is 1. The van der Waals surface area contributed by atoms with Gasteiger partial charge in [0, 0.05) is 38.2 Å². The van der Waals surface area contributed by atoms with E-state index in [0.717, 1.165) is 29.6 Å². The number of hydrogen-bond acceptors (Lipinski definition) is 3. The monoisotopic (exact) mass is 470 g/mol. The van der Waals surface area contributed by atoms with E-state index in [1.807, 2.05) is 30.0 Å². The second-order valence-corrected chi connectivity index (χ2v) is 6.34. The molecular weight excluding hydrogens is 439 g/mol. The van der Waals surface area contributed by atoms with Gasteiger partial charge in [0.25, 0.3) is 0 Å². The number of hydrogen-bond donors (Lipinski definition) is 2. The van der Waals surface area contributed by atoms with Crippen LogP contribution in [0.1, 0.15) is 50.9 Å². The van der Waals surface area contributed by atoms with E-state index in [1.165, 1.54) is 19.3 Å². The molecule has 0 aliphatic rings. The van der Waals surface area contributed by atoms with E-state index in [9.17, 15) is 0 Å². The Hall–Kier alpha value is -1.64. The molecule has 0 bridgehead atoms. The van der Waals surface area contributed by atoms with Crippen LogP contribution in [0.3, 0.4) is 0 Å². The first-order valence-electron chi connectivity index (χ1n) is 9.06. The van der Waals surface area contributed by atoms with Gasteiger partial charge in [-0.15, -0.1) is 24.0 Å². The summed E-state index contributed by atoms with van der Waals surface area (Å²) in [6, 6.07) is 4.50. The summed E-state index contributed by atoms with van der Waals surface area (Å²) in [5.74, 6) is 2.64. The Morgan fingerprint density at radius 3 is 2.65 bits per heavy atom. The standard InChI is InChI=1S/C19H30N6.HI/c1-5-6-7-8-15(2)24-19(20-4)23-14-17-9-10-18(22-13-17)25-12-11-21-16(25)3;/h9-13,15H,5-8,14H2,1-4H3,(H2,20,23,24);1H. The van der Waals surface area contributed by atoms with Crippen LogP contribution >= 0.6 is 24.0 Å². The van der Waals surface area contributed by atoms with Crippen LogP contribution in [-0.2, 0) is 6.54 Å². The van der Waals surface area contributed by atoms with Crippen molar-refractivity contribution in [3.63, 3.8) is 0 Å². The highest BCUT2D eigenvalue weighted by atomic mass is 127. The van der Waals surface area contributed by atoms with Crippen molar-refractivity contribution in [2.24, 2.45) is 4.99 Å². The van der Waals surface area contributed by atoms with Gasteiger partial charge < -0.3 is 10.6 Å². The lowest BCUT2D eigenvalue weighted by Crippen LogP contribution is -2.41. The highest BCUT2D eigenvalue weighted by Gasteiger charge is 2.06. The van der Waals surface area contributed by atoms with Crippen molar-refractivity contribution in [3.05, 3.63) is 42.1 Å². The summed E-state index contributed by atoms with van der Waals surface area (Å²) in [6.07, 6.45) is 10.5. The summed E-state index contributed by atoms with van der Waals surface area (Å²) < 4.78 is 1.97. The Morgan fingerprint density at radius 2 is 2.08 bits per heavy atom. The maximum Gasteiger partial charge on any atom is 0.191 e. The zero-order valence-corrected chi connectivity index (χ0v) is 18.5. The number of imidazole rings is 1. The number of nitrogens with zero attached hydrogens (tertiary/aromatic N) is 4. The first-order valence-corrected chi connectivity index (χ1v) is 9.06. The molecule has 26 heavy (non-hydrogen) atoms. The van der Waals surface area contributed by atoms with Gasteiger partial charge in [-0.05, 0) is 31.9 Å². The zero-order chi connectivity index (χ0) is 18.1. The molecule has 2 rings (SSSR count). The van der Waals surface area contributed by atoms with E-state index in [0.29, 0.717) is 12.6 Å². The molecule has 0 aliphatic carbocycles. The Morgan fingerprint density at radius 1 is 1.27 bits per heavy atom. The molecule has 2 aromatic heterocycles. The molecule has 2 N–H and O–H groups in total. The number of halogens is 1. The van der Waals surface area contributed by atoms with Crippen LogP contribution in [0, 0.1) is 6.92 Å². The van der Waals surface area contributed by atoms with Crippen LogP contribution in [0.25, 0.3) is 5.82 Å². The minimum Gasteiger partial charge on any atom is -0.354 e. The molecule has 2 aromatic rings. The average molecular weight is 470 g/mol. The van der Waals surface area contributed by atoms with Crippen LogP contribution in [0.5, 0.6) is 0 Å². The van der Waals surface area contributed by atoms with E-state index in [1.54, 1.807) is 13.2 Å². The molecule has 2 heterocycles. The molecule has 7 heteroatoms. The predicted octanol–water partition coefficient (Wildman–Crippen LogP) is 3.83. The summed E-state index contributed by atoms with van der Waals surface area (Å²) in [7, 11) is 1.80. The molecule has 0 radical (unpaired) electrons. The van der Waals surface area contributed by atoms with Gasteiger partial charge in [-0.2, -0.15) is 0 Å². The van der Waals surface area contributed by atoms with Crippen molar-refractivity contribution < 1.29 is 0 Å². The molecule has 1 atom stereocenters. The summed E-state index contributed by atoms with van der Waals surface area (Å²) in [6.45, 7) is 7.09. The SMILES string of the molecule is CCCCCC(C)NC(=NC)NCc1ccc(-n2ccnc2C)nc1.I. The number of aliphatic imine (C=N–C) groups is 1. The fraction of sp³-hybridized carbons (Fsp3) is 0.526. The Balaban J connectivity index is 0.00000338. The number of guanidine groups is 1. The lowest BCUT2D eigenvalue weighted by molar-refractivity contribution is 0.546. The topological polar surface area (TPSA) is 67.1 Å². The average Bonchev–Trinajstić information content (AvgIpc) is 3.05. The highest BCUT2D eigenvalue weighted by molar-refractivity contribution is 14.0. The quantitative estimate of drug-likeness (QED) is 0.267. The van der Waals surface area contributed by atoms with Gasteiger partial charge in [-0.1, -0.05) is 32.3 Å². The molecule has 0 spiro atoms. The van der Waals surface area contributed by atoms with Crippen molar-refractivity contribution in [3.8, 4) is 5.82 Å². The molecule has 0 fully saturated rings. The summed E-state index contributed by atoms with van der Waals surface area (Å²) >= 11 is 0. The minimum absolute atomic E-state index is 0. The van der Waals surface area contributed by atoms with E-state index in [2.05, 4.69) is 45.5 Å². The number of aryl methyl sites for hydroxylation is 1. The molecular formula is C19H31IN6. The Kier molecular flexibility index (Phi) is 10.2. The van der Waals surface area contributed by atoms with Crippen LogP contribution in [0.2, 0.25) is 0 Å². The maximum atomic E-state index is 4.52. The highest BCUT2D eigenvalue weighted by Crippen LogP contribution is 2.08. The third-order valence-electron chi connectivity index (χ3n) is 4.19. The van der Waals surface area contributed by atoms with Gasteiger partial charge >= 0.3 is 0 Å². The van der Waals surface area contributed by atoms with Crippen molar-refractivity contribution in [2.45, 2.75) is 59.0 Å². The molecule has 1 unspecified atom stereocenters. The molecule has 6 nitrogen and oxygen atoms in total. The van der Waals surface area contributed by atoms with Gasteiger partial charge in [0.1, 0.15) is 11.6 Å². The molecule has 0 amide bonds. The van der Waals surface area contributed by atoms with Gasteiger partial charge in [0.2, 0.25) is 0 Å². The van der Waals surface area contributed by atoms with Crippen molar-refractivity contribution in [1.82, 2.24) is 25.2 Å². The smallest absolute Gasteiger partial charge is 0.191 e. The normalized spacial score (nSPS) is 12.4. The summed E-state index contributed by atoms with van der Waals surface area (Å²) in [4.78, 5) is 13.0. The number of nitrogens with one attached hydrogen (secondary N) is 2. The van der Waals surface area contributed by atoms with Crippen LogP contribution < -0.4 is 10.6 Å². The zero-order valence-electron chi connectivity index (χ0n) is 16.2. The molecule has 0 saturated carbocycles. The summed E-state index contributed by atoms with van der Waals surface area (Å²) in [5, 5.41) is 6.80. The molecule has 0 aromatic carbocycles. The van der Waals surface area contributed by atoms with Gasteiger partial charge in [0.05, 0.1) is 0 Å². The molecule has 0 saturated heterocycles. The van der Waals surface area contributed by atoms with Crippen LogP contribution in [0.15, 0.2) is 35.7 Å². The first kappa shape index (κ1) is 22.4. The second-order valence-electron chi connectivity index (χ2n) is 6.34. The second kappa shape index (κ2) is 11.9. The van der Waals surface area contributed by atoms with Crippen molar-refractivity contribution in [1.29, 1.82) is 0 Å². The van der Waals surface area contributed by atoms with E-state index < -0.39 is 0 Å². The summed E-state index contributed by atoms with van der Waals surface area (Å²) in [5.41, 5.74) is 1.11. The van der Waals surface area contributed by atoms with Crippen LogP contribution in [-0.4, -0.2) is 33.6 Å². The van der Waals surface area contributed by atoms with Gasteiger partial charge in [0.15, 0.2) is 5.96 Å². The van der Waals surface area contributed by atoms with E-state index in [4.69, 9.17) is 0 Å². The fourth-order valence-electron chi connectivity index (χ4n) is 2.67. The third-order valence-corrected chi connectivity index (χ3v) is 4.19. The number of aromatic nitrogens is 3.